The Morgan fingerprint density at radius 1 is 0.489 bits per heavy atom. The number of ether oxygens (including phenoxy) is 14. The van der Waals surface area contributed by atoms with Crippen molar-refractivity contribution in [2.45, 2.75) is 192 Å². The van der Waals surface area contributed by atoms with Crippen LogP contribution in [0.1, 0.15) is 117 Å². The SMILES string of the molecule is CC(=O)O[C@H]1C(=O)[C@]2(C)[C@@H](OC(=O)O[C@H]3C[C@H]4OC[C@@]4(OC(C)=O)[C@H]4[C@H](OC(=O)c5ccccc5)[C@]56OC(=O)O[C@H]5[C@H](O)C(C)=C([C@@H](OC(C)=O)C(=O)[C@]34C)C6(C)C)C[C@H]3OC[C@@]3(OC(C)=O)[C@H]2[C@H](OC(=O)c2ccccc2)[C@]23OC(=O)O[C@H]2[C@H](O)C(C)=C1C3(C)C. The molecule has 0 unspecified atom stereocenters. The maximum absolute atomic E-state index is 16.7. The highest BCUT2D eigenvalue weighted by Gasteiger charge is 2.86. The summed E-state index contributed by atoms with van der Waals surface area (Å²) < 4.78 is 87.7. The molecule has 92 heavy (non-hydrogen) atoms. The number of Topliss-reactive ketones (excluding diaryl/α,β-unsaturated/α-hetero) is 2. The zero-order valence-corrected chi connectivity index (χ0v) is 52.3. The summed E-state index contributed by atoms with van der Waals surface area (Å²) in [5.41, 5.74) is -18.3. The topological polar surface area (TPSA) is 357 Å². The Hall–Kier alpha value is -8.27. The van der Waals surface area contributed by atoms with E-state index in [1.54, 1.807) is 12.1 Å². The monoisotopic (exact) mass is 1280 g/mol. The lowest BCUT2D eigenvalue weighted by Gasteiger charge is -2.67. The highest BCUT2D eigenvalue weighted by atomic mass is 16.8. The second kappa shape index (κ2) is 21.4. The van der Waals surface area contributed by atoms with Gasteiger partial charge in [-0.3, -0.25) is 28.8 Å². The number of carbonyl (C=O) groups excluding carboxylic acids is 11. The fraction of sp³-hybridized carbons (Fsp3) is 0.585. The molecule has 4 heterocycles. The van der Waals surface area contributed by atoms with Crippen molar-refractivity contribution >= 4 is 65.8 Å². The Morgan fingerprint density at radius 2 is 0.837 bits per heavy atom. The number of ketones is 2. The molecule has 27 heteroatoms. The van der Waals surface area contributed by atoms with E-state index in [0.29, 0.717) is 0 Å². The molecule has 12 rings (SSSR count). The van der Waals surface area contributed by atoms with E-state index in [1.165, 1.54) is 104 Å². The van der Waals surface area contributed by atoms with Crippen LogP contribution in [0.4, 0.5) is 14.4 Å². The summed E-state index contributed by atoms with van der Waals surface area (Å²) in [5.74, 6) is -12.1. The van der Waals surface area contributed by atoms with Crippen molar-refractivity contribution < 1.29 is 129 Å². The van der Waals surface area contributed by atoms with Crippen LogP contribution in [0.5, 0.6) is 0 Å². The van der Waals surface area contributed by atoms with Gasteiger partial charge in [-0.05, 0) is 74.3 Å². The molecule has 2 N–H and O–H groups in total. The Morgan fingerprint density at radius 3 is 1.14 bits per heavy atom. The van der Waals surface area contributed by atoms with E-state index in [1.807, 2.05) is 0 Å². The lowest BCUT2D eigenvalue weighted by Crippen LogP contribution is -2.83. The van der Waals surface area contributed by atoms with E-state index in [0.717, 1.165) is 27.7 Å². The van der Waals surface area contributed by atoms with Crippen molar-refractivity contribution in [2.24, 2.45) is 33.5 Å². The zero-order valence-electron chi connectivity index (χ0n) is 52.3. The van der Waals surface area contributed by atoms with Gasteiger partial charge in [-0.15, -0.1) is 0 Å². The molecule has 492 valence electrons. The van der Waals surface area contributed by atoms with Crippen LogP contribution in [-0.2, 0) is 95.1 Å². The van der Waals surface area contributed by atoms with E-state index in [4.69, 9.17) is 66.3 Å². The number of fused-ring (bicyclic) bond motifs is 8. The van der Waals surface area contributed by atoms with Crippen molar-refractivity contribution in [3.8, 4) is 0 Å². The predicted octanol–water partition coefficient (Wildman–Crippen LogP) is 4.79. The van der Waals surface area contributed by atoms with Gasteiger partial charge in [0.15, 0.2) is 59.4 Å². The average molecular weight is 1280 g/mol. The van der Waals surface area contributed by atoms with Gasteiger partial charge in [-0.1, -0.05) is 64.1 Å². The van der Waals surface area contributed by atoms with Crippen LogP contribution in [0, 0.1) is 33.5 Å². The first-order valence-corrected chi connectivity index (χ1v) is 30.2. The number of carbonyl (C=O) groups is 11. The average Bonchev–Trinajstić information content (AvgIpc) is 1.02. The molecule has 10 aliphatic rings. The molecule has 6 aliphatic carbocycles. The van der Waals surface area contributed by atoms with Crippen LogP contribution >= 0.6 is 0 Å². The summed E-state index contributed by atoms with van der Waals surface area (Å²) in [5, 5.41) is 24.8. The molecule has 4 saturated carbocycles. The van der Waals surface area contributed by atoms with E-state index < -0.39 is 221 Å². The van der Waals surface area contributed by atoms with Gasteiger partial charge in [0.1, 0.15) is 36.6 Å². The smallest absolute Gasteiger partial charge is 0.454 e. The summed E-state index contributed by atoms with van der Waals surface area (Å²) in [7, 11) is 0. The minimum absolute atomic E-state index is 0.0273. The van der Waals surface area contributed by atoms with Crippen molar-refractivity contribution in [1.29, 1.82) is 0 Å². The van der Waals surface area contributed by atoms with E-state index in [9.17, 15) is 48.6 Å². The fourth-order valence-corrected chi connectivity index (χ4v) is 17.9. The van der Waals surface area contributed by atoms with Crippen LogP contribution in [-0.4, -0.2) is 185 Å². The second-order valence-corrected chi connectivity index (χ2v) is 26.9. The van der Waals surface area contributed by atoms with Gasteiger partial charge in [0.25, 0.3) is 0 Å². The van der Waals surface area contributed by atoms with Crippen molar-refractivity contribution in [3.05, 3.63) is 94.1 Å². The predicted molar refractivity (Wildman–Crippen MR) is 302 cm³/mol. The highest BCUT2D eigenvalue weighted by Crippen LogP contribution is 2.70. The number of benzene rings is 2. The molecule has 0 radical (unpaired) electrons. The van der Waals surface area contributed by atoms with E-state index in [-0.39, 0.29) is 33.4 Å². The number of rotatable bonds is 10. The summed E-state index contributed by atoms with van der Waals surface area (Å²) in [6.45, 7) is 14.4. The molecule has 8 fully saturated rings. The molecule has 2 aromatic carbocycles. The number of hydrogen-bond donors (Lipinski definition) is 2. The lowest BCUT2D eigenvalue weighted by atomic mass is 9.44. The number of aliphatic hydroxyl groups excluding tert-OH is 2. The second-order valence-electron chi connectivity index (χ2n) is 26.9. The maximum Gasteiger partial charge on any atom is 0.509 e. The van der Waals surface area contributed by atoms with Crippen LogP contribution in [0.2, 0.25) is 0 Å². The van der Waals surface area contributed by atoms with E-state index >= 15 is 14.4 Å². The molecule has 27 nitrogen and oxygen atoms in total. The minimum Gasteiger partial charge on any atom is -0.454 e. The van der Waals surface area contributed by atoms with Crippen molar-refractivity contribution in [2.75, 3.05) is 13.2 Å². The molecule has 0 amide bonds. The first-order valence-electron chi connectivity index (χ1n) is 30.2. The summed E-state index contributed by atoms with van der Waals surface area (Å²) in [6, 6.07) is 15.0. The first kappa shape index (κ1) is 63.9. The van der Waals surface area contributed by atoms with Gasteiger partial charge in [-0.25, -0.2) is 24.0 Å². The zero-order chi connectivity index (χ0) is 66.7. The summed E-state index contributed by atoms with van der Waals surface area (Å²) in [4.78, 5) is 161. The van der Waals surface area contributed by atoms with Gasteiger partial charge in [0.05, 0.1) is 47.0 Å². The minimum atomic E-state index is -2.52. The third-order valence-corrected chi connectivity index (χ3v) is 21.8. The third kappa shape index (κ3) is 8.54. The molecule has 4 aliphatic heterocycles. The van der Waals surface area contributed by atoms with Gasteiger partial charge in [-0.2, -0.15) is 0 Å². The van der Waals surface area contributed by atoms with Crippen LogP contribution in [0.3, 0.4) is 0 Å². The quantitative estimate of drug-likeness (QED) is 0.183. The van der Waals surface area contributed by atoms with Crippen molar-refractivity contribution in [3.63, 3.8) is 0 Å². The van der Waals surface area contributed by atoms with Gasteiger partial charge < -0.3 is 76.5 Å². The fourth-order valence-electron chi connectivity index (χ4n) is 17.9. The van der Waals surface area contributed by atoms with Crippen molar-refractivity contribution in [1.82, 2.24) is 0 Å². The summed E-state index contributed by atoms with van der Waals surface area (Å²) >= 11 is 0. The summed E-state index contributed by atoms with van der Waals surface area (Å²) in [6.07, 6.45) is -27.8. The van der Waals surface area contributed by atoms with Gasteiger partial charge in [0, 0.05) is 51.4 Å². The molecule has 2 spiro atoms. The third-order valence-electron chi connectivity index (χ3n) is 21.8. The number of esters is 6. The lowest BCUT2D eigenvalue weighted by molar-refractivity contribution is -0.350. The van der Waals surface area contributed by atoms with Gasteiger partial charge in [0.2, 0.25) is 11.2 Å². The van der Waals surface area contributed by atoms with Crippen LogP contribution in [0.15, 0.2) is 83.0 Å². The molecule has 2 aromatic rings. The Labute approximate surface area is 525 Å². The van der Waals surface area contributed by atoms with Crippen LogP contribution in [0.25, 0.3) is 0 Å². The highest BCUT2D eigenvalue weighted by molar-refractivity contribution is 5.98. The molecule has 4 saturated heterocycles. The van der Waals surface area contributed by atoms with Gasteiger partial charge >= 0.3 is 54.3 Å². The molecular weight excluding hydrogens is 1210 g/mol. The normalized spacial score (nSPS) is 40.5. The largest absolute Gasteiger partial charge is 0.509 e. The Kier molecular flexibility index (Phi) is 14.8. The Bertz CT molecular complexity index is 3400. The standard InChI is InChI=1S/C65H70O27/c1-27-39-43(81-29(3)66)47(72)60(11)35(23-37-62(25-79-37,89-31(5)68)45(60)51(85-53(74)33-19-15-13-16-20-33)64(58(39,7)8)49(41(27)70)87-56(77)91-64)83-55(76)84-36-24-38-63(26-80-38,90-32(6)69)46-52(86-54(75)34-21-17-14-18-22-34)65-50(88-57(78)92-65)42(71)28(2)40(59(65,9)10)44(82-30(4)67)48(73)61(36,46)12/h13-22,35-38,41-46,49-52,70-71H,23-26H2,1-12H3/t35-,36-,37+,38+,41+,42+,43+,44+,45-,46-,49-,50-,51-,52-,60+,61+,62-,63-,64+,65+/m0/s1. The first-order chi connectivity index (χ1) is 43.1. The molecular formula is C65H70O27. The van der Waals surface area contributed by atoms with E-state index in [2.05, 4.69) is 0 Å². The van der Waals surface area contributed by atoms with Crippen LogP contribution < -0.4 is 0 Å². The number of aliphatic hydroxyl groups is 2. The maximum atomic E-state index is 16.7. The molecule has 4 bridgehead atoms. The molecule has 20 atom stereocenters. The molecule has 0 aromatic heterocycles. The number of hydrogen-bond acceptors (Lipinski definition) is 27. The Balaban J connectivity index is 1.05.